The van der Waals surface area contributed by atoms with E-state index in [-0.39, 0.29) is 0 Å². The smallest absolute Gasteiger partial charge is 0.0410 e. The van der Waals surface area contributed by atoms with Crippen LogP contribution < -0.4 is 0 Å². The van der Waals surface area contributed by atoms with Gasteiger partial charge in [0.1, 0.15) is 0 Å². The Hall–Kier alpha value is -0.850. The van der Waals surface area contributed by atoms with Gasteiger partial charge in [0.2, 0.25) is 0 Å². The lowest BCUT2D eigenvalue weighted by Crippen LogP contribution is -1.89. The molecule has 10 heavy (non-hydrogen) atoms. The molecule has 0 amide bonds. The first-order chi connectivity index (χ1) is 4.83. The van der Waals surface area contributed by atoms with Crippen LogP contribution in [0, 0.1) is 6.92 Å². The molecule has 53 valence electrons. The van der Waals surface area contributed by atoms with Gasteiger partial charge in [-0.2, -0.15) is 0 Å². The summed E-state index contributed by atoms with van der Waals surface area (Å²) < 4.78 is 0. The predicted octanol–water partition coefficient (Wildman–Crippen LogP) is 2.22. The largest absolute Gasteiger partial charge is 0.258 e. The number of aryl methyl sites for hydroxylation is 1. The Labute approximate surface area is 62.1 Å². The Balaban J connectivity index is 2.75. The maximum absolute atomic E-state index is 4.25. The highest BCUT2D eigenvalue weighted by molar-refractivity contribution is 5.12. The van der Waals surface area contributed by atoms with Gasteiger partial charge in [-0.15, -0.1) is 0 Å². The van der Waals surface area contributed by atoms with Crippen molar-refractivity contribution in [1.29, 1.82) is 0 Å². The van der Waals surface area contributed by atoms with E-state index in [0.717, 1.165) is 24.2 Å². The Bertz CT molecular complexity index is 206. The molecule has 0 aliphatic heterocycles. The number of hydrogen-bond donors (Lipinski definition) is 0. The topological polar surface area (TPSA) is 12.9 Å². The van der Waals surface area contributed by atoms with Crippen LogP contribution >= 0.6 is 0 Å². The summed E-state index contributed by atoms with van der Waals surface area (Å²) in [7, 11) is 0. The lowest BCUT2D eigenvalue weighted by atomic mass is 10.2. The van der Waals surface area contributed by atoms with Crippen molar-refractivity contribution in [3.8, 4) is 0 Å². The molecule has 1 rings (SSSR count). The van der Waals surface area contributed by atoms with E-state index in [1.54, 1.807) is 0 Å². The fourth-order valence-electron chi connectivity index (χ4n) is 0.925. The van der Waals surface area contributed by atoms with Crippen LogP contribution in [0.25, 0.3) is 0 Å². The maximum atomic E-state index is 4.25. The van der Waals surface area contributed by atoms with Gasteiger partial charge in [-0.3, -0.25) is 4.98 Å². The van der Waals surface area contributed by atoms with E-state index in [1.807, 2.05) is 18.2 Å². The van der Waals surface area contributed by atoms with Crippen LogP contribution in [0.3, 0.4) is 0 Å². The number of nitrogens with zero attached hydrogens (tertiary/aromatic N) is 1. The zero-order chi connectivity index (χ0) is 7.40. The van der Waals surface area contributed by atoms with E-state index in [9.17, 15) is 0 Å². The summed E-state index contributed by atoms with van der Waals surface area (Å²) >= 11 is 0. The Morgan fingerprint density at radius 2 is 2.30 bits per heavy atom. The molecule has 0 spiro atoms. The van der Waals surface area contributed by atoms with Crippen molar-refractivity contribution in [2.75, 3.05) is 0 Å². The molecule has 0 bridgehead atoms. The Morgan fingerprint density at radius 1 is 1.50 bits per heavy atom. The molecule has 1 aromatic heterocycles. The van der Waals surface area contributed by atoms with E-state index < -0.39 is 0 Å². The first-order valence-corrected chi connectivity index (χ1v) is 3.61. The maximum Gasteiger partial charge on any atom is 0.0410 e. The predicted molar refractivity (Wildman–Crippen MR) is 42.7 cm³/mol. The monoisotopic (exact) mass is 134 g/mol. The van der Waals surface area contributed by atoms with E-state index in [1.165, 1.54) is 0 Å². The third-order valence-electron chi connectivity index (χ3n) is 1.37. The molecule has 0 saturated carbocycles. The molecule has 0 aliphatic carbocycles. The second-order valence-corrected chi connectivity index (χ2v) is 2.37. The van der Waals surface area contributed by atoms with Crippen LogP contribution in [0.4, 0.5) is 0 Å². The third-order valence-corrected chi connectivity index (χ3v) is 1.37. The molecule has 0 aliphatic rings. The van der Waals surface area contributed by atoms with Gasteiger partial charge >= 0.3 is 0 Å². The van der Waals surface area contributed by atoms with Crippen molar-refractivity contribution in [1.82, 2.24) is 4.98 Å². The number of hydrogen-bond acceptors (Lipinski definition) is 1. The lowest BCUT2D eigenvalue weighted by molar-refractivity contribution is 0.879. The molecule has 1 nitrogen and oxygen atoms in total. The highest BCUT2D eigenvalue weighted by Gasteiger charge is 1.90. The van der Waals surface area contributed by atoms with Gasteiger partial charge in [-0.1, -0.05) is 19.4 Å². The van der Waals surface area contributed by atoms with Gasteiger partial charge in [0.25, 0.3) is 0 Å². The molecule has 0 saturated heterocycles. The minimum Gasteiger partial charge on any atom is -0.258 e. The first kappa shape index (κ1) is 7.26. The molecule has 1 aromatic rings. The van der Waals surface area contributed by atoms with E-state index in [0.29, 0.717) is 0 Å². The summed E-state index contributed by atoms with van der Waals surface area (Å²) in [4.78, 5) is 4.25. The van der Waals surface area contributed by atoms with Crippen molar-refractivity contribution in [2.45, 2.75) is 19.8 Å². The van der Waals surface area contributed by atoms with Gasteiger partial charge in [0.15, 0.2) is 0 Å². The summed E-state index contributed by atoms with van der Waals surface area (Å²) in [5, 5.41) is 0. The molecule has 0 aromatic carbocycles. The van der Waals surface area contributed by atoms with Crippen molar-refractivity contribution in [3.05, 3.63) is 36.5 Å². The van der Waals surface area contributed by atoms with Crippen LogP contribution in [-0.2, 0) is 6.42 Å². The summed E-state index contributed by atoms with van der Waals surface area (Å²) in [5.74, 6) is 0. The fraction of sp³-hybridized carbons (Fsp3) is 0.333. The average Bonchev–Trinajstić information content (AvgIpc) is 1.88. The fourth-order valence-corrected chi connectivity index (χ4v) is 0.925. The number of rotatable bonds is 2. The normalized spacial score (nSPS) is 9.80. The van der Waals surface area contributed by atoms with E-state index >= 15 is 0 Å². The van der Waals surface area contributed by atoms with Crippen molar-refractivity contribution in [2.24, 2.45) is 0 Å². The highest BCUT2D eigenvalue weighted by Crippen LogP contribution is 2.00. The molecule has 0 atom stereocenters. The average molecular weight is 134 g/mol. The Morgan fingerprint density at radius 3 is 2.90 bits per heavy atom. The van der Waals surface area contributed by atoms with Gasteiger partial charge in [-0.05, 0) is 25.5 Å². The highest BCUT2D eigenvalue weighted by atomic mass is 14.7. The minimum atomic E-state index is 0.867. The van der Waals surface area contributed by atoms with Crippen LogP contribution in [-0.4, -0.2) is 4.98 Å². The second-order valence-electron chi connectivity index (χ2n) is 2.37. The van der Waals surface area contributed by atoms with Crippen molar-refractivity contribution >= 4 is 0 Å². The number of aromatic nitrogens is 1. The molecule has 0 unspecified atom stereocenters. The van der Waals surface area contributed by atoms with Crippen LogP contribution in [0.15, 0.2) is 18.2 Å². The zero-order valence-corrected chi connectivity index (χ0v) is 6.30. The lowest BCUT2D eigenvalue weighted by Gasteiger charge is -1.96. The molecule has 1 heterocycles. The van der Waals surface area contributed by atoms with Crippen LogP contribution in [0.5, 0.6) is 0 Å². The van der Waals surface area contributed by atoms with Gasteiger partial charge < -0.3 is 0 Å². The van der Waals surface area contributed by atoms with Gasteiger partial charge in [0, 0.05) is 11.4 Å². The molecular weight excluding hydrogens is 122 g/mol. The molecule has 0 fully saturated rings. The third kappa shape index (κ3) is 1.83. The van der Waals surface area contributed by atoms with Crippen molar-refractivity contribution < 1.29 is 0 Å². The number of pyridine rings is 1. The first-order valence-electron chi connectivity index (χ1n) is 3.61. The van der Waals surface area contributed by atoms with Gasteiger partial charge in [0.05, 0.1) is 0 Å². The second kappa shape index (κ2) is 3.35. The van der Waals surface area contributed by atoms with E-state index in [2.05, 4.69) is 18.8 Å². The summed E-state index contributed by atoms with van der Waals surface area (Å²) in [6.45, 7) is 5.90. The zero-order valence-electron chi connectivity index (χ0n) is 6.30. The quantitative estimate of drug-likeness (QED) is 0.604. The Kier molecular flexibility index (Phi) is 2.43. The molecular formula is C9H12N. The summed E-state index contributed by atoms with van der Waals surface area (Å²) in [5.41, 5.74) is 2.01. The SMILES string of the molecule is [CH2]c1cccc(CCC)n1. The minimum absolute atomic E-state index is 0.867. The summed E-state index contributed by atoms with van der Waals surface area (Å²) in [6, 6.07) is 5.96. The summed E-state index contributed by atoms with van der Waals surface area (Å²) in [6.07, 6.45) is 2.21. The van der Waals surface area contributed by atoms with Crippen LogP contribution in [0.2, 0.25) is 0 Å². The van der Waals surface area contributed by atoms with Gasteiger partial charge in [-0.25, -0.2) is 0 Å². The van der Waals surface area contributed by atoms with E-state index in [4.69, 9.17) is 0 Å². The molecule has 0 N–H and O–H groups in total. The van der Waals surface area contributed by atoms with Crippen molar-refractivity contribution in [3.63, 3.8) is 0 Å². The molecule has 1 heteroatoms. The van der Waals surface area contributed by atoms with Crippen LogP contribution in [0.1, 0.15) is 24.7 Å². The standard InChI is InChI=1S/C9H12N/c1-3-5-9-7-4-6-8(2)10-9/h4,6-7H,2-3,5H2,1H3. The molecule has 1 radical (unpaired) electrons.